The number of rotatable bonds is 6. The Kier molecular flexibility index (Phi) is 4.61. The number of imidazole rings is 1. The van der Waals surface area contributed by atoms with Crippen molar-refractivity contribution in [2.75, 3.05) is 6.54 Å². The number of hydrogen-bond donors (Lipinski definition) is 2. The van der Waals surface area contributed by atoms with Crippen LogP contribution in [0.4, 0.5) is 0 Å². The predicted molar refractivity (Wildman–Crippen MR) is 70.1 cm³/mol. The number of nitrogens with two attached hydrogens (primary N) is 1. The number of aryl methyl sites for hydroxylation is 1. The fraction of sp³-hybridized carbons (Fsp3) is 0.556. The van der Waals surface area contributed by atoms with E-state index in [0.29, 0.717) is 6.42 Å². The number of aromatic nitrogens is 2. The molecule has 0 aliphatic carbocycles. The van der Waals surface area contributed by atoms with Crippen LogP contribution in [0, 0.1) is 0 Å². The molecule has 96 valence electrons. The van der Waals surface area contributed by atoms with Gasteiger partial charge in [-0.15, -0.1) is 0 Å². The Morgan fingerprint density at radius 2 is 2.35 bits per heavy atom. The molecule has 0 bridgehead atoms. The molecule has 0 aliphatic heterocycles. The normalized spacial score (nSPS) is 13.5. The molecule has 0 radical (unpaired) electrons. The van der Waals surface area contributed by atoms with Gasteiger partial charge in [0.2, 0.25) is 10.0 Å². The molecule has 0 amide bonds. The Hall–Kier alpha value is -0.990. The molecule has 6 nitrogen and oxygen atoms in total. The lowest BCUT2D eigenvalue weighted by atomic mass is 10.4. The van der Waals surface area contributed by atoms with Crippen LogP contribution >= 0.6 is 12.2 Å². The number of hydrogen-bond acceptors (Lipinski definition) is 4. The van der Waals surface area contributed by atoms with Gasteiger partial charge in [0.15, 0.2) is 0 Å². The van der Waals surface area contributed by atoms with E-state index >= 15 is 0 Å². The number of nitrogens with zero attached hydrogens (tertiary/aromatic N) is 2. The van der Waals surface area contributed by atoms with Gasteiger partial charge < -0.3 is 10.3 Å². The number of sulfonamides is 1. The third kappa shape index (κ3) is 3.76. The van der Waals surface area contributed by atoms with Crippen LogP contribution in [0.15, 0.2) is 12.4 Å². The lowest BCUT2D eigenvalue weighted by Gasteiger charge is -2.12. The van der Waals surface area contributed by atoms with Crippen LogP contribution in [0.25, 0.3) is 0 Å². The van der Waals surface area contributed by atoms with Crippen LogP contribution < -0.4 is 10.5 Å². The van der Waals surface area contributed by atoms with Gasteiger partial charge in [-0.25, -0.2) is 18.1 Å². The summed E-state index contributed by atoms with van der Waals surface area (Å²) in [5.74, 6) is 0.815. The maximum Gasteiger partial charge on any atom is 0.220 e. The molecule has 1 aromatic heterocycles. The number of nitrogens with one attached hydrogen (secondary N) is 1. The lowest BCUT2D eigenvalue weighted by molar-refractivity contribution is 0.577. The zero-order valence-electron chi connectivity index (χ0n) is 9.75. The fourth-order valence-electron chi connectivity index (χ4n) is 1.22. The van der Waals surface area contributed by atoms with Gasteiger partial charge in [0, 0.05) is 32.4 Å². The molecular weight excluding hydrogens is 260 g/mol. The number of thiocarbonyl (C=S) groups is 1. The maximum atomic E-state index is 11.7. The summed E-state index contributed by atoms with van der Waals surface area (Å²) in [5.41, 5.74) is 5.31. The van der Waals surface area contributed by atoms with Gasteiger partial charge in [-0.2, -0.15) is 0 Å². The second-order valence-corrected chi connectivity index (χ2v) is 6.25. The Bertz CT molecular complexity index is 495. The molecule has 3 N–H and O–H groups in total. The van der Waals surface area contributed by atoms with Crippen LogP contribution in [-0.4, -0.2) is 34.8 Å². The van der Waals surface area contributed by atoms with E-state index in [-0.39, 0.29) is 11.5 Å². The molecule has 0 aliphatic rings. The van der Waals surface area contributed by atoms with Crippen molar-refractivity contribution >= 4 is 27.2 Å². The molecule has 0 fully saturated rings. The van der Waals surface area contributed by atoms with E-state index in [1.807, 2.05) is 17.8 Å². The summed E-state index contributed by atoms with van der Waals surface area (Å²) in [6.45, 7) is 1.74. The van der Waals surface area contributed by atoms with Gasteiger partial charge in [0.05, 0.1) is 4.99 Å². The fourth-order valence-corrected chi connectivity index (χ4v) is 2.54. The van der Waals surface area contributed by atoms with E-state index < -0.39 is 15.3 Å². The minimum absolute atomic E-state index is 0.0329. The minimum Gasteiger partial charge on any atom is -0.392 e. The summed E-state index contributed by atoms with van der Waals surface area (Å²) in [7, 11) is -1.62. The van der Waals surface area contributed by atoms with Gasteiger partial charge >= 0.3 is 0 Å². The average Bonchev–Trinajstić information content (AvgIpc) is 2.63. The molecule has 1 unspecified atom stereocenters. The first-order valence-corrected chi connectivity index (χ1v) is 7.04. The first-order chi connectivity index (χ1) is 7.84. The van der Waals surface area contributed by atoms with Gasteiger partial charge in [-0.1, -0.05) is 12.2 Å². The first-order valence-electron chi connectivity index (χ1n) is 5.08. The van der Waals surface area contributed by atoms with Crippen molar-refractivity contribution < 1.29 is 8.42 Å². The summed E-state index contributed by atoms with van der Waals surface area (Å²) in [6.07, 6.45) is 4.00. The molecular formula is C9H16N4O2S2. The zero-order valence-corrected chi connectivity index (χ0v) is 11.4. The van der Waals surface area contributed by atoms with Crippen LogP contribution in [0.2, 0.25) is 0 Å². The van der Waals surface area contributed by atoms with Crippen LogP contribution in [0.3, 0.4) is 0 Å². The summed E-state index contributed by atoms with van der Waals surface area (Å²) in [6, 6.07) is 0. The highest BCUT2D eigenvalue weighted by atomic mass is 32.2. The summed E-state index contributed by atoms with van der Waals surface area (Å²) in [4.78, 5) is 4.06. The third-order valence-electron chi connectivity index (χ3n) is 2.44. The maximum absolute atomic E-state index is 11.7. The molecule has 17 heavy (non-hydrogen) atoms. The first kappa shape index (κ1) is 14.1. The van der Waals surface area contributed by atoms with Crippen LogP contribution in [0.5, 0.6) is 0 Å². The zero-order chi connectivity index (χ0) is 13.1. The monoisotopic (exact) mass is 276 g/mol. The Morgan fingerprint density at radius 3 is 2.82 bits per heavy atom. The molecule has 1 atom stereocenters. The summed E-state index contributed by atoms with van der Waals surface area (Å²) >= 11 is 4.66. The smallest absolute Gasteiger partial charge is 0.220 e. The van der Waals surface area contributed by atoms with Crippen molar-refractivity contribution in [3.63, 3.8) is 0 Å². The van der Waals surface area contributed by atoms with Crippen molar-refractivity contribution in [1.29, 1.82) is 0 Å². The topological polar surface area (TPSA) is 90.0 Å². The van der Waals surface area contributed by atoms with E-state index in [2.05, 4.69) is 21.9 Å². The van der Waals surface area contributed by atoms with Crippen molar-refractivity contribution in [2.45, 2.75) is 18.6 Å². The summed E-state index contributed by atoms with van der Waals surface area (Å²) < 4.78 is 27.7. The Balaban J connectivity index is 2.52. The SMILES string of the molecule is CC(C(N)=S)S(=O)(=O)NCCc1nccn1C. The summed E-state index contributed by atoms with van der Waals surface area (Å²) in [5, 5.41) is -0.862. The standard InChI is InChI=1S/C9H16N4O2S2/c1-7(9(10)16)17(14,15)12-4-3-8-11-5-6-13(8)2/h5-7,12H,3-4H2,1-2H3,(H2,10,16). The van der Waals surface area contributed by atoms with Crippen LogP contribution in [-0.2, 0) is 23.5 Å². The van der Waals surface area contributed by atoms with Crippen LogP contribution in [0.1, 0.15) is 12.7 Å². The van der Waals surface area contributed by atoms with Gasteiger partial charge in [-0.05, 0) is 6.92 Å². The van der Waals surface area contributed by atoms with E-state index in [0.717, 1.165) is 5.82 Å². The highest BCUT2D eigenvalue weighted by molar-refractivity contribution is 7.93. The minimum atomic E-state index is -3.48. The van der Waals surface area contributed by atoms with Gasteiger partial charge in [0.25, 0.3) is 0 Å². The van der Waals surface area contributed by atoms with E-state index in [1.165, 1.54) is 6.92 Å². The van der Waals surface area contributed by atoms with E-state index in [1.54, 1.807) is 6.20 Å². The van der Waals surface area contributed by atoms with E-state index in [4.69, 9.17) is 5.73 Å². The van der Waals surface area contributed by atoms with E-state index in [9.17, 15) is 8.42 Å². The van der Waals surface area contributed by atoms with Gasteiger partial charge in [0.1, 0.15) is 11.1 Å². The van der Waals surface area contributed by atoms with Gasteiger partial charge in [-0.3, -0.25) is 0 Å². The molecule has 1 heterocycles. The van der Waals surface area contributed by atoms with Crippen molar-refractivity contribution in [2.24, 2.45) is 12.8 Å². The highest BCUT2D eigenvalue weighted by Gasteiger charge is 2.22. The second-order valence-electron chi connectivity index (χ2n) is 3.69. The predicted octanol–water partition coefficient (Wildman–Crippen LogP) is -0.443. The lowest BCUT2D eigenvalue weighted by Crippen LogP contribution is -2.40. The molecule has 0 saturated carbocycles. The molecule has 8 heteroatoms. The quantitative estimate of drug-likeness (QED) is 0.687. The molecule has 1 rings (SSSR count). The Morgan fingerprint density at radius 1 is 1.71 bits per heavy atom. The highest BCUT2D eigenvalue weighted by Crippen LogP contribution is 2.00. The van der Waals surface area contributed by atoms with Crippen molar-refractivity contribution in [3.05, 3.63) is 18.2 Å². The third-order valence-corrected chi connectivity index (χ3v) is 4.73. The molecule has 0 spiro atoms. The molecule has 0 saturated heterocycles. The second kappa shape index (κ2) is 5.56. The van der Waals surface area contributed by atoms with Crippen molar-refractivity contribution in [1.82, 2.24) is 14.3 Å². The van der Waals surface area contributed by atoms with Crippen molar-refractivity contribution in [3.8, 4) is 0 Å². The molecule has 1 aromatic rings. The Labute approximate surface area is 106 Å². The molecule has 0 aromatic carbocycles. The average molecular weight is 276 g/mol. The largest absolute Gasteiger partial charge is 0.392 e.